The van der Waals surface area contributed by atoms with Crippen LogP contribution in [0, 0.1) is 0 Å². The molecule has 0 aliphatic rings. The zero-order valence-electron chi connectivity index (χ0n) is 11.4. The molecule has 0 saturated heterocycles. The Hall–Kier alpha value is -0.0800. The SMILES string of the molecule is CCCCCCC(N)(CN)CCCCCC. The Labute approximate surface area is 102 Å². The van der Waals surface area contributed by atoms with Gasteiger partial charge in [0.15, 0.2) is 0 Å². The van der Waals surface area contributed by atoms with Crippen molar-refractivity contribution in [3.63, 3.8) is 0 Å². The van der Waals surface area contributed by atoms with Gasteiger partial charge in [0, 0.05) is 12.1 Å². The third-order valence-corrected chi connectivity index (χ3v) is 3.46. The molecule has 0 heterocycles. The summed E-state index contributed by atoms with van der Waals surface area (Å²) < 4.78 is 0. The lowest BCUT2D eigenvalue weighted by Crippen LogP contribution is -2.46. The van der Waals surface area contributed by atoms with Gasteiger partial charge in [0.05, 0.1) is 0 Å². The number of unbranched alkanes of at least 4 members (excludes halogenated alkanes) is 6. The molecule has 0 rings (SSSR count). The molecule has 0 bridgehead atoms. The van der Waals surface area contributed by atoms with E-state index in [0.717, 1.165) is 12.8 Å². The maximum atomic E-state index is 6.34. The van der Waals surface area contributed by atoms with Gasteiger partial charge in [-0.15, -0.1) is 0 Å². The first-order valence-electron chi connectivity index (χ1n) is 7.17. The maximum Gasteiger partial charge on any atom is 0.0278 e. The summed E-state index contributed by atoms with van der Waals surface area (Å²) in [6, 6.07) is 0. The van der Waals surface area contributed by atoms with E-state index in [0.29, 0.717) is 6.54 Å². The Morgan fingerprint density at radius 2 is 1.19 bits per heavy atom. The molecule has 0 radical (unpaired) electrons. The summed E-state index contributed by atoms with van der Waals surface area (Å²) in [4.78, 5) is 0. The highest BCUT2D eigenvalue weighted by molar-refractivity contribution is 4.84. The summed E-state index contributed by atoms with van der Waals surface area (Å²) in [5.74, 6) is 0. The summed E-state index contributed by atoms with van der Waals surface area (Å²) in [6.45, 7) is 5.12. The highest BCUT2D eigenvalue weighted by atomic mass is 14.8. The van der Waals surface area contributed by atoms with Crippen molar-refractivity contribution < 1.29 is 0 Å². The lowest BCUT2D eigenvalue weighted by Gasteiger charge is -2.28. The van der Waals surface area contributed by atoms with Gasteiger partial charge in [0.1, 0.15) is 0 Å². The molecule has 0 amide bonds. The van der Waals surface area contributed by atoms with Crippen molar-refractivity contribution in [2.75, 3.05) is 6.54 Å². The average molecular weight is 228 g/mol. The molecule has 0 aromatic heterocycles. The summed E-state index contributed by atoms with van der Waals surface area (Å²) in [5.41, 5.74) is 12.1. The fourth-order valence-electron chi connectivity index (χ4n) is 2.14. The van der Waals surface area contributed by atoms with E-state index in [9.17, 15) is 0 Å². The van der Waals surface area contributed by atoms with Crippen LogP contribution in [0.3, 0.4) is 0 Å². The predicted molar refractivity (Wildman–Crippen MR) is 73.5 cm³/mol. The molecule has 4 N–H and O–H groups in total. The summed E-state index contributed by atoms with van der Waals surface area (Å²) in [5, 5.41) is 0. The summed E-state index contributed by atoms with van der Waals surface area (Å²) in [6.07, 6.45) is 12.6. The molecule has 2 nitrogen and oxygen atoms in total. The molecule has 0 fully saturated rings. The number of nitrogens with two attached hydrogens (primary N) is 2. The highest BCUT2D eigenvalue weighted by Gasteiger charge is 2.21. The fourth-order valence-corrected chi connectivity index (χ4v) is 2.14. The minimum Gasteiger partial charge on any atom is -0.329 e. The monoisotopic (exact) mass is 228 g/mol. The number of hydrogen-bond acceptors (Lipinski definition) is 2. The topological polar surface area (TPSA) is 52.0 Å². The Bertz CT molecular complexity index is 134. The van der Waals surface area contributed by atoms with Crippen molar-refractivity contribution in [2.24, 2.45) is 11.5 Å². The molecule has 0 atom stereocenters. The first-order chi connectivity index (χ1) is 7.68. The van der Waals surface area contributed by atoms with Crippen LogP contribution in [0.2, 0.25) is 0 Å². The second-order valence-electron chi connectivity index (χ2n) is 5.19. The maximum absolute atomic E-state index is 6.34. The van der Waals surface area contributed by atoms with E-state index in [1.54, 1.807) is 0 Å². The summed E-state index contributed by atoms with van der Waals surface area (Å²) in [7, 11) is 0. The van der Waals surface area contributed by atoms with Gasteiger partial charge in [-0.2, -0.15) is 0 Å². The van der Waals surface area contributed by atoms with Crippen LogP contribution in [0.5, 0.6) is 0 Å². The van der Waals surface area contributed by atoms with E-state index in [4.69, 9.17) is 11.5 Å². The van der Waals surface area contributed by atoms with Gasteiger partial charge in [-0.05, 0) is 12.8 Å². The molecule has 0 aromatic rings. The molecular formula is C14H32N2. The van der Waals surface area contributed by atoms with Crippen molar-refractivity contribution in [2.45, 2.75) is 83.6 Å². The van der Waals surface area contributed by atoms with E-state index in [2.05, 4.69) is 13.8 Å². The second kappa shape index (κ2) is 10.1. The largest absolute Gasteiger partial charge is 0.329 e. The Balaban J connectivity index is 3.64. The smallest absolute Gasteiger partial charge is 0.0278 e. The summed E-state index contributed by atoms with van der Waals surface area (Å²) >= 11 is 0. The van der Waals surface area contributed by atoms with E-state index < -0.39 is 0 Å². The molecular weight excluding hydrogens is 196 g/mol. The van der Waals surface area contributed by atoms with Gasteiger partial charge in [-0.3, -0.25) is 0 Å². The van der Waals surface area contributed by atoms with E-state index in [1.165, 1.54) is 51.4 Å². The van der Waals surface area contributed by atoms with Crippen molar-refractivity contribution in [1.29, 1.82) is 0 Å². The fraction of sp³-hybridized carbons (Fsp3) is 1.00. The lowest BCUT2D eigenvalue weighted by atomic mass is 9.87. The van der Waals surface area contributed by atoms with Crippen molar-refractivity contribution in [1.82, 2.24) is 0 Å². The molecule has 98 valence electrons. The van der Waals surface area contributed by atoms with Crippen LogP contribution in [0.4, 0.5) is 0 Å². The van der Waals surface area contributed by atoms with Crippen LogP contribution in [0.15, 0.2) is 0 Å². The third kappa shape index (κ3) is 8.12. The average Bonchev–Trinajstić information content (AvgIpc) is 2.31. The molecule has 0 aliphatic heterocycles. The van der Waals surface area contributed by atoms with Gasteiger partial charge in [0.2, 0.25) is 0 Å². The molecule has 0 unspecified atom stereocenters. The number of hydrogen-bond donors (Lipinski definition) is 2. The first-order valence-corrected chi connectivity index (χ1v) is 7.17. The number of rotatable bonds is 11. The second-order valence-corrected chi connectivity index (χ2v) is 5.19. The van der Waals surface area contributed by atoms with Crippen LogP contribution < -0.4 is 11.5 Å². The quantitative estimate of drug-likeness (QED) is 0.531. The minimum absolute atomic E-state index is 0.0819. The van der Waals surface area contributed by atoms with Gasteiger partial charge in [0.25, 0.3) is 0 Å². The van der Waals surface area contributed by atoms with Crippen LogP contribution in [0.1, 0.15) is 78.1 Å². The first kappa shape index (κ1) is 15.9. The van der Waals surface area contributed by atoms with Crippen LogP contribution >= 0.6 is 0 Å². The Morgan fingerprint density at radius 3 is 1.50 bits per heavy atom. The highest BCUT2D eigenvalue weighted by Crippen LogP contribution is 2.19. The molecule has 16 heavy (non-hydrogen) atoms. The Kier molecular flexibility index (Phi) is 10.0. The van der Waals surface area contributed by atoms with E-state index in [1.807, 2.05) is 0 Å². The van der Waals surface area contributed by atoms with Crippen molar-refractivity contribution in [3.05, 3.63) is 0 Å². The molecule has 2 heteroatoms. The lowest BCUT2D eigenvalue weighted by molar-refractivity contribution is 0.344. The third-order valence-electron chi connectivity index (χ3n) is 3.46. The van der Waals surface area contributed by atoms with Crippen LogP contribution in [-0.4, -0.2) is 12.1 Å². The van der Waals surface area contributed by atoms with Crippen LogP contribution in [-0.2, 0) is 0 Å². The molecule has 0 saturated carbocycles. The van der Waals surface area contributed by atoms with Gasteiger partial charge in [-0.25, -0.2) is 0 Å². The molecule has 0 spiro atoms. The zero-order chi connectivity index (χ0) is 12.3. The van der Waals surface area contributed by atoms with Gasteiger partial charge in [-0.1, -0.05) is 65.2 Å². The van der Waals surface area contributed by atoms with Gasteiger partial charge < -0.3 is 11.5 Å². The molecule has 0 aliphatic carbocycles. The predicted octanol–water partition coefficient (Wildman–Crippen LogP) is 3.58. The van der Waals surface area contributed by atoms with Crippen LogP contribution in [0.25, 0.3) is 0 Å². The van der Waals surface area contributed by atoms with E-state index >= 15 is 0 Å². The Morgan fingerprint density at radius 1 is 0.750 bits per heavy atom. The normalized spacial score (nSPS) is 12.0. The minimum atomic E-state index is -0.0819. The molecule has 0 aromatic carbocycles. The van der Waals surface area contributed by atoms with E-state index in [-0.39, 0.29) is 5.54 Å². The van der Waals surface area contributed by atoms with Crippen molar-refractivity contribution in [3.8, 4) is 0 Å². The van der Waals surface area contributed by atoms with Crippen molar-refractivity contribution >= 4 is 0 Å². The standard InChI is InChI=1S/C14H32N2/c1-3-5-7-9-11-14(16,13-15)12-10-8-6-4-2/h3-13,15-16H2,1-2H3. The van der Waals surface area contributed by atoms with Gasteiger partial charge >= 0.3 is 0 Å². The zero-order valence-corrected chi connectivity index (χ0v) is 11.4.